The number of hydrogen-bond acceptors (Lipinski definition) is 9. The molecule has 2 rings (SSSR count). The van der Waals surface area contributed by atoms with Gasteiger partial charge in [-0.25, -0.2) is 4.79 Å². The first-order chi connectivity index (χ1) is 17.6. The number of hydrogen-bond donors (Lipinski definition) is 1. The molecule has 0 fully saturated rings. The summed E-state index contributed by atoms with van der Waals surface area (Å²) in [6.07, 6.45) is 2.80. The van der Waals surface area contributed by atoms with Gasteiger partial charge in [-0.2, -0.15) is 0 Å². The molecule has 1 atom stereocenters. The van der Waals surface area contributed by atoms with Crippen LogP contribution in [0.15, 0.2) is 48.2 Å². The third kappa shape index (κ3) is 9.83. The van der Waals surface area contributed by atoms with Gasteiger partial charge in [0, 0.05) is 0 Å². The van der Waals surface area contributed by atoms with Gasteiger partial charge in [0.15, 0.2) is 11.5 Å². The van der Waals surface area contributed by atoms with Crippen molar-refractivity contribution in [3.63, 3.8) is 0 Å². The van der Waals surface area contributed by atoms with Gasteiger partial charge in [0.2, 0.25) is 5.76 Å². The minimum absolute atomic E-state index is 0.0331. The summed E-state index contributed by atoms with van der Waals surface area (Å²) in [5.74, 6) is -1.54. The van der Waals surface area contributed by atoms with Crippen LogP contribution in [0.4, 0.5) is 0 Å². The van der Waals surface area contributed by atoms with Crippen LogP contribution in [0.5, 0.6) is 11.5 Å². The largest absolute Gasteiger partial charge is 0.502 e. The molecule has 37 heavy (non-hydrogen) atoms. The lowest BCUT2D eigenvalue weighted by Crippen LogP contribution is -2.16. The summed E-state index contributed by atoms with van der Waals surface area (Å²) in [4.78, 5) is 39.0. The molecule has 2 aromatic rings. The monoisotopic (exact) mass is 515 g/mol. The Bertz CT molecular complexity index is 1090. The molecule has 0 bridgehead atoms. The van der Waals surface area contributed by atoms with Gasteiger partial charge in [0.25, 0.3) is 5.09 Å². The van der Waals surface area contributed by atoms with Crippen LogP contribution in [0.1, 0.15) is 56.2 Å². The second kappa shape index (κ2) is 14.5. The Hall–Kier alpha value is -4.08. The SMILES string of the molecule is COc1cc(/C=C(/O)C(=O)OCCCCO[N+](=O)[O-])ccc1OC(=O)C(C)c1ccc(CC(C)C)cc1. The summed E-state index contributed by atoms with van der Waals surface area (Å²) in [6, 6.07) is 12.5. The van der Waals surface area contributed by atoms with E-state index in [1.807, 2.05) is 24.3 Å². The highest BCUT2D eigenvalue weighted by atomic mass is 16.9. The van der Waals surface area contributed by atoms with Crippen LogP contribution in [0, 0.1) is 16.0 Å². The number of rotatable bonds is 14. The normalized spacial score (nSPS) is 12.1. The van der Waals surface area contributed by atoms with E-state index in [1.165, 1.54) is 30.9 Å². The quantitative estimate of drug-likeness (QED) is 0.0699. The molecule has 0 heterocycles. The van der Waals surface area contributed by atoms with Crippen molar-refractivity contribution < 1.29 is 38.8 Å². The van der Waals surface area contributed by atoms with Crippen molar-refractivity contribution >= 4 is 18.0 Å². The minimum Gasteiger partial charge on any atom is -0.502 e. The maximum absolute atomic E-state index is 12.8. The number of unbranched alkanes of at least 4 members (excludes halogenated alkanes) is 1. The van der Waals surface area contributed by atoms with Gasteiger partial charge in [-0.15, -0.1) is 10.1 Å². The first kappa shape index (κ1) is 29.2. The molecule has 1 unspecified atom stereocenters. The van der Waals surface area contributed by atoms with E-state index in [2.05, 4.69) is 18.7 Å². The summed E-state index contributed by atoms with van der Waals surface area (Å²) < 4.78 is 15.8. The Morgan fingerprint density at radius 2 is 1.70 bits per heavy atom. The van der Waals surface area contributed by atoms with E-state index in [0.29, 0.717) is 24.3 Å². The molecular weight excluding hydrogens is 482 g/mol. The number of ether oxygens (including phenoxy) is 3. The fourth-order valence-corrected chi connectivity index (χ4v) is 3.40. The maximum Gasteiger partial charge on any atom is 0.373 e. The van der Waals surface area contributed by atoms with Crippen molar-refractivity contribution in [3.8, 4) is 11.5 Å². The van der Waals surface area contributed by atoms with Gasteiger partial charge < -0.3 is 24.2 Å². The molecular formula is C27H33NO9. The van der Waals surface area contributed by atoms with Crippen molar-refractivity contribution in [1.82, 2.24) is 0 Å². The number of nitrogens with zero attached hydrogens (tertiary/aromatic N) is 1. The average molecular weight is 516 g/mol. The van der Waals surface area contributed by atoms with Gasteiger partial charge in [-0.05, 0) is 67.0 Å². The van der Waals surface area contributed by atoms with Crippen LogP contribution in [-0.2, 0) is 25.6 Å². The molecule has 0 aromatic heterocycles. The summed E-state index contributed by atoms with van der Waals surface area (Å²) in [6.45, 7) is 5.93. The number of aliphatic hydroxyl groups is 1. The highest BCUT2D eigenvalue weighted by molar-refractivity contribution is 5.91. The molecule has 200 valence electrons. The van der Waals surface area contributed by atoms with E-state index < -0.39 is 28.7 Å². The van der Waals surface area contributed by atoms with Gasteiger partial charge in [-0.3, -0.25) is 4.79 Å². The number of benzene rings is 2. The highest BCUT2D eigenvalue weighted by Crippen LogP contribution is 2.31. The van der Waals surface area contributed by atoms with E-state index in [9.17, 15) is 24.8 Å². The molecule has 10 nitrogen and oxygen atoms in total. The third-order valence-corrected chi connectivity index (χ3v) is 5.36. The highest BCUT2D eigenvalue weighted by Gasteiger charge is 2.20. The Balaban J connectivity index is 1.97. The molecule has 1 N–H and O–H groups in total. The van der Waals surface area contributed by atoms with Crippen LogP contribution < -0.4 is 9.47 Å². The molecule has 0 aliphatic rings. The Morgan fingerprint density at radius 3 is 2.32 bits per heavy atom. The van der Waals surface area contributed by atoms with Crippen molar-refractivity contribution in [1.29, 1.82) is 0 Å². The van der Waals surface area contributed by atoms with Gasteiger partial charge in [0.05, 0.1) is 26.2 Å². The van der Waals surface area contributed by atoms with Crippen molar-refractivity contribution in [2.75, 3.05) is 20.3 Å². The van der Waals surface area contributed by atoms with E-state index in [-0.39, 0.29) is 24.7 Å². The Kier molecular flexibility index (Phi) is 11.4. The molecule has 0 aliphatic heterocycles. The molecule has 0 saturated heterocycles. The zero-order chi connectivity index (χ0) is 27.4. The van der Waals surface area contributed by atoms with Crippen LogP contribution in [-0.4, -0.2) is 42.5 Å². The average Bonchev–Trinajstić information content (AvgIpc) is 2.86. The second-order valence-corrected chi connectivity index (χ2v) is 8.82. The molecule has 0 aliphatic carbocycles. The number of aliphatic hydroxyl groups excluding tert-OH is 1. The summed E-state index contributed by atoms with van der Waals surface area (Å²) in [7, 11) is 1.41. The van der Waals surface area contributed by atoms with Gasteiger partial charge >= 0.3 is 11.9 Å². The maximum atomic E-state index is 12.8. The number of carbonyl (C=O) groups excluding carboxylic acids is 2. The van der Waals surface area contributed by atoms with E-state index in [4.69, 9.17) is 14.2 Å². The fraction of sp³-hybridized carbons (Fsp3) is 0.407. The van der Waals surface area contributed by atoms with Gasteiger partial charge in [-0.1, -0.05) is 44.2 Å². The molecule has 0 spiro atoms. The zero-order valence-corrected chi connectivity index (χ0v) is 21.5. The fourth-order valence-electron chi connectivity index (χ4n) is 3.40. The number of esters is 2. The zero-order valence-electron chi connectivity index (χ0n) is 21.5. The number of carbonyl (C=O) groups is 2. The lowest BCUT2D eigenvalue weighted by Gasteiger charge is -2.15. The Morgan fingerprint density at radius 1 is 1.03 bits per heavy atom. The topological polar surface area (TPSA) is 134 Å². The van der Waals surface area contributed by atoms with E-state index in [1.54, 1.807) is 13.0 Å². The lowest BCUT2D eigenvalue weighted by molar-refractivity contribution is -0.757. The molecule has 0 amide bonds. The lowest BCUT2D eigenvalue weighted by atomic mass is 9.97. The van der Waals surface area contributed by atoms with Crippen LogP contribution >= 0.6 is 0 Å². The predicted molar refractivity (Wildman–Crippen MR) is 136 cm³/mol. The molecule has 0 saturated carbocycles. The van der Waals surface area contributed by atoms with Crippen molar-refractivity contribution in [3.05, 3.63) is 75.0 Å². The first-order valence-corrected chi connectivity index (χ1v) is 11.9. The first-order valence-electron chi connectivity index (χ1n) is 11.9. The summed E-state index contributed by atoms with van der Waals surface area (Å²) >= 11 is 0. The molecule has 2 aromatic carbocycles. The van der Waals surface area contributed by atoms with E-state index in [0.717, 1.165) is 12.0 Å². The third-order valence-electron chi connectivity index (χ3n) is 5.36. The Labute approximate surface area is 215 Å². The van der Waals surface area contributed by atoms with Crippen LogP contribution in [0.25, 0.3) is 6.08 Å². The second-order valence-electron chi connectivity index (χ2n) is 8.82. The van der Waals surface area contributed by atoms with Crippen LogP contribution in [0.2, 0.25) is 0 Å². The molecule has 0 radical (unpaired) electrons. The van der Waals surface area contributed by atoms with Crippen molar-refractivity contribution in [2.24, 2.45) is 5.92 Å². The molecule has 10 heteroatoms. The van der Waals surface area contributed by atoms with Crippen molar-refractivity contribution in [2.45, 2.75) is 46.0 Å². The smallest absolute Gasteiger partial charge is 0.373 e. The van der Waals surface area contributed by atoms with E-state index >= 15 is 0 Å². The van der Waals surface area contributed by atoms with Crippen LogP contribution in [0.3, 0.4) is 0 Å². The standard InChI is InChI=1S/C27H33NO9/c1-18(2)15-20-7-10-22(11-8-20)19(3)26(30)37-24-12-9-21(17-25(24)34-4)16-23(29)27(31)35-13-5-6-14-36-28(32)33/h7-12,16-19,29H,5-6,13-15H2,1-4H3/b23-16+. The summed E-state index contributed by atoms with van der Waals surface area (Å²) in [5, 5.41) is 19.2. The summed E-state index contributed by atoms with van der Waals surface area (Å²) in [5.41, 5.74) is 2.46. The minimum atomic E-state index is -0.946. The van der Waals surface area contributed by atoms with Gasteiger partial charge in [0.1, 0.15) is 0 Å². The number of methoxy groups -OCH3 is 1. The predicted octanol–water partition coefficient (Wildman–Crippen LogP) is 5.03.